The molecule has 7 nitrogen and oxygen atoms in total. The number of aromatic nitrogens is 1. The van der Waals surface area contributed by atoms with Crippen molar-refractivity contribution in [2.75, 3.05) is 35.7 Å². The van der Waals surface area contributed by atoms with Crippen LogP contribution in [-0.4, -0.2) is 39.2 Å². The van der Waals surface area contributed by atoms with Gasteiger partial charge in [-0.05, 0) is 6.07 Å². The topological polar surface area (TPSA) is 97.2 Å². The zero-order chi connectivity index (χ0) is 13.5. The lowest BCUT2D eigenvalue weighted by molar-refractivity contribution is -0.384. The molecule has 1 atom stereocenters. The fourth-order valence-corrected chi connectivity index (χ4v) is 1.91. The third-order valence-electron chi connectivity index (χ3n) is 2.27. The summed E-state index contributed by atoms with van der Waals surface area (Å²) in [7, 11) is 0.784. The normalized spacial score (nSPS) is 11.9. The quantitative estimate of drug-likeness (QED) is 0.572. The first-order chi connectivity index (χ1) is 8.58. The molecule has 0 saturated carbocycles. The predicted molar refractivity (Wildman–Crippen MR) is 72.5 cm³/mol. The van der Waals surface area contributed by atoms with Crippen molar-refractivity contribution in [1.82, 2.24) is 4.98 Å². The molecule has 1 aromatic rings. The SMILES string of the molecule is CCS(=O)CCNc1nc(NC)ccc1[N+](=O)[O-]. The Morgan fingerprint density at radius 2 is 2.22 bits per heavy atom. The van der Waals surface area contributed by atoms with Crippen molar-refractivity contribution in [2.24, 2.45) is 0 Å². The Morgan fingerprint density at radius 1 is 1.50 bits per heavy atom. The van der Waals surface area contributed by atoms with E-state index in [1.54, 1.807) is 7.05 Å². The van der Waals surface area contributed by atoms with Crippen LogP contribution in [0.4, 0.5) is 17.3 Å². The van der Waals surface area contributed by atoms with Gasteiger partial charge in [-0.15, -0.1) is 0 Å². The third-order valence-corrected chi connectivity index (χ3v) is 3.57. The summed E-state index contributed by atoms with van der Waals surface area (Å²) in [4.78, 5) is 14.4. The predicted octanol–water partition coefficient (Wildman–Crippen LogP) is 1.21. The van der Waals surface area contributed by atoms with Crippen LogP contribution in [0.15, 0.2) is 12.1 Å². The number of hydrogen-bond donors (Lipinski definition) is 2. The van der Waals surface area contributed by atoms with Gasteiger partial charge in [0.15, 0.2) is 0 Å². The molecule has 0 saturated heterocycles. The Hall–Kier alpha value is -1.70. The lowest BCUT2D eigenvalue weighted by Crippen LogP contribution is -2.14. The van der Waals surface area contributed by atoms with E-state index in [2.05, 4.69) is 15.6 Å². The van der Waals surface area contributed by atoms with E-state index >= 15 is 0 Å². The van der Waals surface area contributed by atoms with Gasteiger partial charge in [0.05, 0.1) is 4.92 Å². The minimum atomic E-state index is -0.901. The fourth-order valence-electron chi connectivity index (χ4n) is 1.30. The Labute approximate surface area is 108 Å². The summed E-state index contributed by atoms with van der Waals surface area (Å²) in [6.07, 6.45) is 0. The van der Waals surface area contributed by atoms with Gasteiger partial charge in [0.1, 0.15) is 5.82 Å². The summed E-state index contributed by atoms with van der Waals surface area (Å²) in [5.41, 5.74) is -0.0868. The molecule has 100 valence electrons. The van der Waals surface area contributed by atoms with Gasteiger partial charge < -0.3 is 10.6 Å². The van der Waals surface area contributed by atoms with E-state index in [0.717, 1.165) is 0 Å². The van der Waals surface area contributed by atoms with E-state index in [9.17, 15) is 14.3 Å². The highest BCUT2D eigenvalue weighted by atomic mass is 32.2. The Morgan fingerprint density at radius 3 is 2.78 bits per heavy atom. The molecule has 1 heterocycles. The summed E-state index contributed by atoms with van der Waals surface area (Å²) in [5.74, 6) is 1.76. The van der Waals surface area contributed by atoms with Gasteiger partial charge in [-0.2, -0.15) is 0 Å². The van der Waals surface area contributed by atoms with Crippen molar-refractivity contribution in [2.45, 2.75) is 6.92 Å². The molecule has 0 amide bonds. The second kappa shape index (κ2) is 6.90. The van der Waals surface area contributed by atoms with Crippen LogP contribution in [-0.2, 0) is 10.8 Å². The summed E-state index contributed by atoms with van der Waals surface area (Å²) >= 11 is 0. The van der Waals surface area contributed by atoms with E-state index in [1.165, 1.54) is 12.1 Å². The van der Waals surface area contributed by atoms with Gasteiger partial charge in [-0.3, -0.25) is 14.3 Å². The van der Waals surface area contributed by atoms with Gasteiger partial charge in [0.25, 0.3) is 0 Å². The molecule has 2 N–H and O–H groups in total. The van der Waals surface area contributed by atoms with Gasteiger partial charge >= 0.3 is 5.69 Å². The molecule has 0 aliphatic rings. The van der Waals surface area contributed by atoms with Crippen LogP contribution in [0.3, 0.4) is 0 Å². The number of nitro groups is 1. The molecule has 0 aliphatic heterocycles. The summed E-state index contributed by atoms with van der Waals surface area (Å²) < 4.78 is 11.2. The van der Waals surface area contributed by atoms with E-state index in [4.69, 9.17) is 0 Å². The molecule has 0 bridgehead atoms. The van der Waals surface area contributed by atoms with E-state index in [0.29, 0.717) is 23.9 Å². The Bertz CT molecular complexity index is 453. The molecule has 0 aliphatic carbocycles. The van der Waals surface area contributed by atoms with Crippen molar-refractivity contribution in [3.05, 3.63) is 22.2 Å². The molecule has 1 rings (SSSR count). The largest absolute Gasteiger partial charge is 0.373 e. The smallest absolute Gasteiger partial charge is 0.311 e. The summed E-state index contributed by atoms with van der Waals surface area (Å²) in [5, 5.41) is 16.5. The van der Waals surface area contributed by atoms with E-state index in [1.807, 2.05) is 6.92 Å². The van der Waals surface area contributed by atoms with Crippen LogP contribution in [0.1, 0.15) is 6.92 Å². The zero-order valence-corrected chi connectivity index (χ0v) is 11.1. The van der Waals surface area contributed by atoms with Crippen LogP contribution in [0.5, 0.6) is 0 Å². The average molecular weight is 272 g/mol. The number of pyridine rings is 1. The van der Waals surface area contributed by atoms with Crippen LogP contribution < -0.4 is 10.6 Å². The number of hydrogen-bond acceptors (Lipinski definition) is 6. The maximum absolute atomic E-state index is 11.2. The molecule has 0 aromatic carbocycles. The first-order valence-electron chi connectivity index (χ1n) is 5.50. The maximum Gasteiger partial charge on any atom is 0.311 e. The van der Waals surface area contributed by atoms with Crippen molar-refractivity contribution in [3.63, 3.8) is 0 Å². The third kappa shape index (κ3) is 3.95. The molecule has 18 heavy (non-hydrogen) atoms. The summed E-state index contributed by atoms with van der Waals surface area (Å²) in [6.45, 7) is 2.22. The standard InChI is InChI=1S/C10H16N4O3S/c1-3-18(17)7-6-12-10-8(14(15)16)4-5-9(11-2)13-10/h4-5H,3,6-7H2,1-2H3,(H2,11,12,13). The maximum atomic E-state index is 11.2. The monoisotopic (exact) mass is 272 g/mol. The number of anilines is 2. The molecule has 0 fully saturated rings. The number of nitrogens with one attached hydrogen (secondary N) is 2. The first-order valence-corrected chi connectivity index (χ1v) is 6.99. The average Bonchev–Trinajstić information content (AvgIpc) is 2.37. The van der Waals surface area contributed by atoms with Crippen LogP contribution in [0.25, 0.3) is 0 Å². The first kappa shape index (κ1) is 14.4. The zero-order valence-electron chi connectivity index (χ0n) is 10.3. The Kier molecular flexibility index (Phi) is 5.50. The highest BCUT2D eigenvalue weighted by Crippen LogP contribution is 2.23. The molecule has 1 aromatic heterocycles. The number of rotatable bonds is 7. The van der Waals surface area contributed by atoms with Crippen molar-refractivity contribution in [3.8, 4) is 0 Å². The minimum Gasteiger partial charge on any atom is -0.373 e. The van der Waals surface area contributed by atoms with Gasteiger partial charge in [-0.25, -0.2) is 4.98 Å². The van der Waals surface area contributed by atoms with Crippen LogP contribution in [0, 0.1) is 10.1 Å². The summed E-state index contributed by atoms with van der Waals surface area (Å²) in [6, 6.07) is 2.92. The van der Waals surface area contributed by atoms with Crippen molar-refractivity contribution >= 4 is 28.1 Å². The number of nitrogens with zero attached hydrogens (tertiary/aromatic N) is 2. The van der Waals surface area contributed by atoms with Gasteiger partial charge in [-0.1, -0.05) is 6.92 Å². The second-order valence-electron chi connectivity index (χ2n) is 3.43. The van der Waals surface area contributed by atoms with Crippen molar-refractivity contribution in [1.29, 1.82) is 0 Å². The molecular weight excluding hydrogens is 256 g/mol. The van der Waals surface area contributed by atoms with Gasteiger partial charge in [0, 0.05) is 42.0 Å². The van der Waals surface area contributed by atoms with Crippen LogP contribution in [0.2, 0.25) is 0 Å². The molecular formula is C10H16N4O3S. The van der Waals surface area contributed by atoms with E-state index in [-0.39, 0.29) is 11.5 Å². The minimum absolute atomic E-state index is 0.0868. The van der Waals surface area contributed by atoms with Crippen LogP contribution >= 0.6 is 0 Å². The molecule has 8 heteroatoms. The second-order valence-corrected chi connectivity index (χ2v) is 5.30. The highest BCUT2D eigenvalue weighted by molar-refractivity contribution is 7.84. The Balaban J connectivity index is 2.78. The van der Waals surface area contributed by atoms with Crippen molar-refractivity contribution < 1.29 is 9.13 Å². The van der Waals surface area contributed by atoms with Gasteiger partial charge in [0.2, 0.25) is 5.82 Å². The van der Waals surface area contributed by atoms with E-state index < -0.39 is 15.7 Å². The molecule has 0 radical (unpaired) electrons. The highest BCUT2D eigenvalue weighted by Gasteiger charge is 2.15. The lowest BCUT2D eigenvalue weighted by atomic mass is 10.3. The molecule has 0 spiro atoms. The lowest BCUT2D eigenvalue weighted by Gasteiger charge is -2.07. The fraction of sp³-hybridized carbons (Fsp3) is 0.500. The molecule has 1 unspecified atom stereocenters.